The summed E-state index contributed by atoms with van der Waals surface area (Å²) < 4.78 is 0.200. The molecule has 1 nitrogen and oxygen atoms in total. The normalized spacial score (nSPS) is 34.9. The zero-order valence-corrected chi connectivity index (χ0v) is 13.7. The maximum atomic E-state index is 2.55. The van der Waals surface area contributed by atoms with E-state index in [-0.39, 0.29) is 3.55 Å². The van der Waals surface area contributed by atoms with Gasteiger partial charge < -0.3 is 0 Å². The molecule has 0 N–H and O–H groups in total. The topological polar surface area (TPSA) is 3.24 Å². The number of hydrogen-bond acceptors (Lipinski definition) is 1. The molecule has 0 fully saturated rings. The van der Waals surface area contributed by atoms with Crippen molar-refractivity contribution in [3.05, 3.63) is 71.9 Å². The molecule has 1 unspecified atom stereocenters. The van der Waals surface area contributed by atoms with Gasteiger partial charge in [-0.1, -0.05) is 83.4 Å². The molecule has 0 aromatic carbocycles. The maximum absolute atomic E-state index is 2.55. The molecule has 2 aliphatic rings. The molecule has 1 heterocycles. The fraction of sp³-hybridized carbons (Fsp3) is 0.294. The number of rotatable bonds is 0. The van der Waals surface area contributed by atoms with Crippen LogP contribution in [-0.4, -0.2) is 22.0 Å². The molecule has 0 amide bonds. The number of nitrogens with zero attached hydrogens (tertiary/aromatic N) is 1. The molecule has 100 valence electrons. The van der Waals surface area contributed by atoms with Gasteiger partial charge in [-0.3, -0.25) is 4.90 Å². The van der Waals surface area contributed by atoms with Gasteiger partial charge >= 0.3 is 0 Å². The number of alkyl halides is 1. The lowest BCUT2D eigenvalue weighted by atomic mass is 9.94. The summed E-state index contributed by atoms with van der Waals surface area (Å²) >= 11 is 2.55. The van der Waals surface area contributed by atoms with Gasteiger partial charge in [0.2, 0.25) is 0 Å². The van der Waals surface area contributed by atoms with Crippen molar-refractivity contribution in [3.63, 3.8) is 0 Å². The Kier molecular flexibility index (Phi) is 4.99. The van der Waals surface area contributed by atoms with Gasteiger partial charge in [-0.2, -0.15) is 0 Å². The standard InChI is InChI=1S/C17H20IN/c1-17(18)13-15-11-9-7-5-3-4-6-8-10-12-16(15)14-19(17)2/h3-12H,13-14H2,1-2H3/b4-3-,5-3?,6-4?,7-5-,8-6-,9-7?,10-8?,11-9-,12-10?,15-11?,16-12?. The first-order chi connectivity index (χ1) is 9.09. The highest BCUT2D eigenvalue weighted by atomic mass is 127. The molecule has 0 radical (unpaired) electrons. The number of likely N-dealkylation sites (N-methyl/N-ethyl adjacent to an activating group) is 1. The van der Waals surface area contributed by atoms with Crippen LogP contribution < -0.4 is 0 Å². The monoisotopic (exact) mass is 365 g/mol. The van der Waals surface area contributed by atoms with Crippen LogP contribution >= 0.6 is 22.6 Å². The van der Waals surface area contributed by atoms with Gasteiger partial charge in [0.25, 0.3) is 0 Å². The summed E-state index contributed by atoms with van der Waals surface area (Å²) in [5, 5.41) is 0. The highest BCUT2D eigenvalue weighted by Crippen LogP contribution is 2.36. The molecular weight excluding hydrogens is 345 g/mol. The van der Waals surface area contributed by atoms with Crippen molar-refractivity contribution < 1.29 is 0 Å². The van der Waals surface area contributed by atoms with E-state index in [0.717, 1.165) is 13.0 Å². The van der Waals surface area contributed by atoms with Crippen molar-refractivity contribution in [1.29, 1.82) is 0 Å². The largest absolute Gasteiger partial charge is 0.288 e. The second kappa shape index (κ2) is 6.53. The molecule has 2 heteroatoms. The molecule has 0 saturated heterocycles. The van der Waals surface area contributed by atoms with E-state index < -0.39 is 0 Å². The predicted octanol–water partition coefficient (Wildman–Crippen LogP) is 4.56. The third kappa shape index (κ3) is 4.05. The fourth-order valence-electron chi connectivity index (χ4n) is 2.17. The molecular formula is C17H20IN. The molecule has 0 bridgehead atoms. The van der Waals surface area contributed by atoms with Gasteiger partial charge in [0.1, 0.15) is 0 Å². The first-order valence-electron chi connectivity index (χ1n) is 6.56. The summed E-state index contributed by atoms with van der Waals surface area (Å²) in [5.41, 5.74) is 2.85. The van der Waals surface area contributed by atoms with E-state index in [1.807, 2.05) is 12.2 Å². The van der Waals surface area contributed by atoms with Crippen LogP contribution in [0.4, 0.5) is 0 Å². The zero-order valence-electron chi connectivity index (χ0n) is 11.5. The Labute approximate surface area is 129 Å². The molecule has 0 spiro atoms. The fourth-order valence-corrected chi connectivity index (χ4v) is 2.75. The quantitative estimate of drug-likeness (QED) is 0.346. The van der Waals surface area contributed by atoms with Gasteiger partial charge in [-0.05, 0) is 25.1 Å². The summed E-state index contributed by atoms with van der Waals surface area (Å²) in [7, 11) is 2.20. The second-order valence-electron chi connectivity index (χ2n) is 5.10. The van der Waals surface area contributed by atoms with Crippen LogP contribution in [0.3, 0.4) is 0 Å². The lowest BCUT2D eigenvalue weighted by Gasteiger charge is -2.39. The van der Waals surface area contributed by atoms with E-state index in [1.165, 1.54) is 11.1 Å². The third-order valence-corrected chi connectivity index (χ3v) is 4.71. The molecule has 1 aliphatic carbocycles. The second-order valence-corrected chi connectivity index (χ2v) is 7.42. The van der Waals surface area contributed by atoms with Gasteiger partial charge in [-0.15, -0.1) is 0 Å². The van der Waals surface area contributed by atoms with Crippen molar-refractivity contribution in [2.75, 3.05) is 13.6 Å². The van der Waals surface area contributed by atoms with Crippen LogP contribution in [0.2, 0.25) is 0 Å². The van der Waals surface area contributed by atoms with Gasteiger partial charge in [0, 0.05) is 13.0 Å². The Morgan fingerprint density at radius 3 is 1.95 bits per heavy atom. The molecule has 19 heavy (non-hydrogen) atoms. The minimum absolute atomic E-state index is 0.200. The Hall–Kier alpha value is -0.870. The molecule has 0 saturated carbocycles. The SMILES string of the molecule is CN1CC2=C(\C=C/C=C\C=C/C=C\C=C2)CC1(C)I. The Bertz CT molecular complexity index is 501. The highest BCUT2D eigenvalue weighted by Gasteiger charge is 2.31. The van der Waals surface area contributed by atoms with E-state index >= 15 is 0 Å². The maximum Gasteiger partial charge on any atom is 0.0742 e. The summed E-state index contributed by atoms with van der Waals surface area (Å²) in [6.07, 6.45) is 22.2. The van der Waals surface area contributed by atoms with Crippen LogP contribution in [0.5, 0.6) is 0 Å². The zero-order chi connectivity index (χ0) is 13.7. The van der Waals surface area contributed by atoms with Crippen molar-refractivity contribution in [3.8, 4) is 0 Å². The van der Waals surface area contributed by atoms with E-state index in [1.54, 1.807) is 0 Å². The van der Waals surface area contributed by atoms with Gasteiger partial charge in [-0.25, -0.2) is 0 Å². The molecule has 2 rings (SSSR count). The molecule has 0 aromatic heterocycles. The minimum atomic E-state index is 0.200. The number of hydrogen-bond donors (Lipinski definition) is 0. The summed E-state index contributed by atoms with van der Waals surface area (Å²) in [5.74, 6) is 0. The lowest BCUT2D eigenvalue weighted by Crippen LogP contribution is -2.42. The summed E-state index contributed by atoms with van der Waals surface area (Å²) in [6.45, 7) is 3.30. The van der Waals surface area contributed by atoms with Crippen LogP contribution in [-0.2, 0) is 0 Å². The predicted molar refractivity (Wildman–Crippen MR) is 92.4 cm³/mol. The average molecular weight is 365 g/mol. The molecule has 0 aromatic rings. The van der Waals surface area contributed by atoms with Crippen molar-refractivity contribution in [1.82, 2.24) is 4.90 Å². The van der Waals surface area contributed by atoms with Crippen molar-refractivity contribution in [2.24, 2.45) is 0 Å². The average Bonchev–Trinajstić information content (AvgIpc) is 2.34. The first-order valence-corrected chi connectivity index (χ1v) is 7.64. The Balaban J connectivity index is 2.35. The third-order valence-electron chi connectivity index (χ3n) is 3.50. The van der Waals surface area contributed by atoms with Crippen LogP contribution in [0.1, 0.15) is 13.3 Å². The summed E-state index contributed by atoms with van der Waals surface area (Å²) in [4.78, 5) is 2.41. The molecule has 1 aliphatic heterocycles. The van der Waals surface area contributed by atoms with E-state index in [2.05, 4.69) is 90.1 Å². The lowest BCUT2D eigenvalue weighted by molar-refractivity contribution is 0.249. The van der Waals surface area contributed by atoms with Crippen LogP contribution in [0, 0.1) is 0 Å². The van der Waals surface area contributed by atoms with Crippen molar-refractivity contribution in [2.45, 2.75) is 16.9 Å². The first kappa shape index (κ1) is 14.5. The van der Waals surface area contributed by atoms with E-state index in [4.69, 9.17) is 0 Å². The van der Waals surface area contributed by atoms with Gasteiger partial charge in [0.15, 0.2) is 0 Å². The van der Waals surface area contributed by atoms with E-state index in [9.17, 15) is 0 Å². The van der Waals surface area contributed by atoms with Crippen LogP contribution in [0.25, 0.3) is 0 Å². The number of allylic oxidation sites excluding steroid dienone is 9. The van der Waals surface area contributed by atoms with E-state index in [0.29, 0.717) is 0 Å². The number of halogens is 1. The highest BCUT2D eigenvalue weighted by molar-refractivity contribution is 14.1. The summed E-state index contributed by atoms with van der Waals surface area (Å²) in [6, 6.07) is 0. The minimum Gasteiger partial charge on any atom is -0.288 e. The Morgan fingerprint density at radius 1 is 0.895 bits per heavy atom. The smallest absolute Gasteiger partial charge is 0.0742 e. The van der Waals surface area contributed by atoms with Crippen LogP contribution in [0.15, 0.2) is 71.9 Å². The van der Waals surface area contributed by atoms with Gasteiger partial charge in [0.05, 0.1) is 3.55 Å². The van der Waals surface area contributed by atoms with Crippen molar-refractivity contribution >= 4 is 22.6 Å². The molecule has 1 atom stereocenters. The Morgan fingerprint density at radius 2 is 1.37 bits per heavy atom.